The van der Waals surface area contributed by atoms with Crippen LogP contribution in [0.25, 0.3) is 5.65 Å². The standard InChI is InChI=1S/C10H11N3O/c14-8-6-12(7-8)10-3-1-2-9-11-4-5-13(9)10/h1-5,8,14H,6-7H2. The highest BCUT2D eigenvalue weighted by atomic mass is 16.3. The monoisotopic (exact) mass is 189 g/mol. The molecule has 0 aromatic carbocycles. The van der Waals surface area contributed by atoms with Crippen molar-refractivity contribution in [2.45, 2.75) is 6.10 Å². The van der Waals surface area contributed by atoms with Gasteiger partial charge in [0.05, 0.1) is 6.10 Å². The van der Waals surface area contributed by atoms with E-state index in [1.54, 1.807) is 6.20 Å². The summed E-state index contributed by atoms with van der Waals surface area (Å²) >= 11 is 0. The summed E-state index contributed by atoms with van der Waals surface area (Å²) in [7, 11) is 0. The van der Waals surface area contributed by atoms with Gasteiger partial charge in [0.1, 0.15) is 11.5 Å². The molecule has 2 aromatic rings. The molecule has 1 aliphatic heterocycles. The lowest BCUT2D eigenvalue weighted by Crippen LogP contribution is -2.51. The Kier molecular flexibility index (Phi) is 1.52. The third-order valence-electron chi connectivity index (χ3n) is 2.59. The van der Waals surface area contributed by atoms with Gasteiger partial charge in [-0.15, -0.1) is 0 Å². The van der Waals surface area contributed by atoms with Crippen LogP contribution in [0.5, 0.6) is 0 Å². The molecule has 1 saturated heterocycles. The summed E-state index contributed by atoms with van der Waals surface area (Å²) in [5, 5.41) is 9.24. The first-order valence-electron chi connectivity index (χ1n) is 4.70. The lowest BCUT2D eigenvalue weighted by molar-refractivity contribution is 0.141. The van der Waals surface area contributed by atoms with Gasteiger partial charge in [-0.1, -0.05) is 6.07 Å². The lowest BCUT2D eigenvalue weighted by Gasteiger charge is -2.37. The Balaban J connectivity index is 2.07. The highest BCUT2D eigenvalue weighted by Crippen LogP contribution is 2.21. The first kappa shape index (κ1) is 7.82. The number of rotatable bonds is 1. The molecule has 1 aliphatic rings. The van der Waals surface area contributed by atoms with E-state index in [1.807, 2.05) is 28.8 Å². The first-order chi connectivity index (χ1) is 6.84. The van der Waals surface area contributed by atoms with E-state index in [-0.39, 0.29) is 6.10 Å². The minimum Gasteiger partial charge on any atom is -0.389 e. The van der Waals surface area contributed by atoms with E-state index in [0.29, 0.717) is 0 Å². The topological polar surface area (TPSA) is 40.8 Å². The van der Waals surface area contributed by atoms with Crippen LogP contribution in [-0.2, 0) is 0 Å². The molecule has 1 N–H and O–H groups in total. The van der Waals surface area contributed by atoms with Gasteiger partial charge < -0.3 is 10.0 Å². The van der Waals surface area contributed by atoms with Crippen LogP contribution < -0.4 is 4.90 Å². The molecule has 4 heteroatoms. The van der Waals surface area contributed by atoms with E-state index in [9.17, 15) is 5.11 Å². The van der Waals surface area contributed by atoms with Crippen LogP contribution in [0.3, 0.4) is 0 Å². The van der Waals surface area contributed by atoms with Gasteiger partial charge in [-0.05, 0) is 12.1 Å². The van der Waals surface area contributed by atoms with Gasteiger partial charge in [0.25, 0.3) is 0 Å². The predicted molar refractivity (Wildman–Crippen MR) is 53.4 cm³/mol. The second-order valence-corrected chi connectivity index (χ2v) is 3.60. The Bertz CT molecular complexity index is 459. The molecule has 2 aromatic heterocycles. The molecule has 0 bridgehead atoms. The van der Waals surface area contributed by atoms with Gasteiger partial charge in [0.15, 0.2) is 0 Å². The number of fused-ring (bicyclic) bond motifs is 1. The zero-order valence-electron chi connectivity index (χ0n) is 7.67. The fourth-order valence-corrected chi connectivity index (χ4v) is 1.83. The number of pyridine rings is 1. The van der Waals surface area contributed by atoms with Crippen molar-refractivity contribution in [1.82, 2.24) is 9.38 Å². The van der Waals surface area contributed by atoms with Crippen molar-refractivity contribution >= 4 is 11.5 Å². The van der Waals surface area contributed by atoms with Crippen molar-refractivity contribution in [2.24, 2.45) is 0 Å². The van der Waals surface area contributed by atoms with Gasteiger partial charge in [0, 0.05) is 25.5 Å². The van der Waals surface area contributed by atoms with E-state index < -0.39 is 0 Å². The smallest absolute Gasteiger partial charge is 0.138 e. The van der Waals surface area contributed by atoms with Crippen LogP contribution >= 0.6 is 0 Å². The summed E-state index contributed by atoms with van der Waals surface area (Å²) in [6.07, 6.45) is 3.55. The fourth-order valence-electron chi connectivity index (χ4n) is 1.83. The maximum absolute atomic E-state index is 9.24. The van der Waals surface area contributed by atoms with E-state index in [1.165, 1.54) is 0 Å². The molecular weight excluding hydrogens is 178 g/mol. The third-order valence-corrected chi connectivity index (χ3v) is 2.59. The largest absolute Gasteiger partial charge is 0.389 e. The molecule has 0 saturated carbocycles. The summed E-state index contributed by atoms with van der Waals surface area (Å²) in [5.74, 6) is 1.10. The van der Waals surface area contributed by atoms with Crippen LogP contribution in [0.1, 0.15) is 0 Å². The van der Waals surface area contributed by atoms with E-state index in [0.717, 1.165) is 24.6 Å². The van der Waals surface area contributed by atoms with Gasteiger partial charge in [0.2, 0.25) is 0 Å². The minimum absolute atomic E-state index is 0.172. The second-order valence-electron chi connectivity index (χ2n) is 3.60. The first-order valence-corrected chi connectivity index (χ1v) is 4.70. The van der Waals surface area contributed by atoms with Crippen molar-refractivity contribution in [3.8, 4) is 0 Å². The number of hydrogen-bond acceptors (Lipinski definition) is 3. The zero-order valence-corrected chi connectivity index (χ0v) is 7.67. The maximum atomic E-state index is 9.24. The summed E-state index contributed by atoms with van der Waals surface area (Å²) in [4.78, 5) is 6.35. The van der Waals surface area contributed by atoms with Gasteiger partial charge >= 0.3 is 0 Å². The second kappa shape index (κ2) is 2.72. The van der Waals surface area contributed by atoms with Crippen molar-refractivity contribution in [1.29, 1.82) is 0 Å². The predicted octanol–water partition coefficient (Wildman–Crippen LogP) is 0.515. The third kappa shape index (κ3) is 1.01. The van der Waals surface area contributed by atoms with E-state index in [4.69, 9.17) is 0 Å². The van der Waals surface area contributed by atoms with E-state index in [2.05, 4.69) is 9.88 Å². The Morgan fingerprint density at radius 3 is 3.00 bits per heavy atom. The quantitative estimate of drug-likeness (QED) is 0.710. The SMILES string of the molecule is OC1CN(c2cccc3nccn23)C1. The lowest BCUT2D eigenvalue weighted by atomic mass is 10.2. The molecule has 0 radical (unpaired) electrons. The molecule has 0 spiro atoms. The Morgan fingerprint density at radius 2 is 2.21 bits per heavy atom. The highest BCUT2D eigenvalue weighted by Gasteiger charge is 2.25. The van der Waals surface area contributed by atoms with Crippen molar-refractivity contribution in [2.75, 3.05) is 18.0 Å². The molecule has 4 nitrogen and oxygen atoms in total. The number of anilines is 1. The fraction of sp³-hybridized carbons (Fsp3) is 0.300. The van der Waals surface area contributed by atoms with Gasteiger partial charge in [-0.25, -0.2) is 4.98 Å². The number of hydrogen-bond donors (Lipinski definition) is 1. The molecule has 0 amide bonds. The van der Waals surface area contributed by atoms with Crippen molar-refractivity contribution in [3.05, 3.63) is 30.6 Å². The number of aromatic nitrogens is 2. The molecule has 0 unspecified atom stereocenters. The van der Waals surface area contributed by atoms with Crippen LogP contribution in [0, 0.1) is 0 Å². The number of aliphatic hydroxyl groups excluding tert-OH is 1. The molecule has 1 fully saturated rings. The maximum Gasteiger partial charge on any atom is 0.138 e. The summed E-state index contributed by atoms with van der Waals surface area (Å²) < 4.78 is 2.03. The molecular formula is C10H11N3O. The van der Waals surface area contributed by atoms with Gasteiger partial charge in [-0.3, -0.25) is 4.40 Å². The molecule has 0 atom stereocenters. The average molecular weight is 189 g/mol. The Labute approximate surface area is 81.4 Å². The number of nitrogens with zero attached hydrogens (tertiary/aromatic N) is 3. The van der Waals surface area contributed by atoms with Crippen LogP contribution in [0.15, 0.2) is 30.6 Å². The summed E-state index contributed by atoms with van der Waals surface area (Å²) in [5.41, 5.74) is 0.948. The van der Waals surface area contributed by atoms with Crippen molar-refractivity contribution in [3.63, 3.8) is 0 Å². The summed E-state index contributed by atoms with van der Waals surface area (Å²) in [6, 6.07) is 6.00. The molecule has 72 valence electrons. The highest BCUT2D eigenvalue weighted by molar-refractivity contribution is 5.53. The zero-order chi connectivity index (χ0) is 9.54. The Morgan fingerprint density at radius 1 is 1.36 bits per heavy atom. The van der Waals surface area contributed by atoms with Crippen LogP contribution in [0.2, 0.25) is 0 Å². The van der Waals surface area contributed by atoms with Crippen LogP contribution in [0.4, 0.5) is 5.82 Å². The minimum atomic E-state index is -0.172. The molecule has 14 heavy (non-hydrogen) atoms. The molecule has 0 aliphatic carbocycles. The molecule has 3 rings (SSSR count). The van der Waals surface area contributed by atoms with Gasteiger partial charge in [-0.2, -0.15) is 0 Å². The summed E-state index contributed by atoms with van der Waals surface area (Å²) in [6.45, 7) is 1.44. The number of β-amino-alcohol motifs (C(OH)–C–C–N with tert-alkyl or cyclic N) is 1. The van der Waals surface area contributed by atoms with Crippen LogP contribution in [-0.4, -0.2) is 33.7 Å². The average Bonchev–Trinajstić information content (AvgIpc) is 2.60. The van der Waals surface area contributed by atoms with Crippen molar-refractivity contribution < 1.29 is 5.11 Å². The molecule has 3 heterocycles. The number of imidazole rings is 1. The number of aliphatic hydroxyl groups is 1. The normalized spacial score (nSPS) is 17.4. The van der Waals surface area contributed by atoms with E-state index >= 15 is 0 Å². The Hall–Kier alpha value is -1.55.